The molecule has 0 spiro atoms. The Morgan fingerprint density at radius 3 is 1.94 bits per heavy atom. The first-order chi connectivity index (χ1) is 34.1. The number of hydrogen-bond acceptors (Lipinski definition) is 2. The summed E-state index contributed by atoms with van der Waals surface area (Å²) in [7, 11) is 0. The van der Waals surface area contributed by atoms with Crippen LogP contribution in [0.4, 0.5) is 17.1 Å². The molecule has 244 valence electrons. The Morgan fingerprint density at radius 1 is 0.423 bits per heavy atom. The third-order valence-electron chi connectivity index (χ3n) is 8.78. The van der Waals surface area contributed by atoms with Crippen LogP contribution < -0.4 is 4.90 Å². The maximum absolute atomic E-state index is 9.64. The summed E-state index contributed by atoms with van der Waals surface area (Å²) in [5.74, 6) is 0. The van der Waals surface area contributed by atoms with Crippen LogP contribution in [-0.2, 0) is 0 Å². The van der Waals surface area contributed by atoms with Crippen molar-refractivity contribution in [1.82, 2.24) is 0 Å². The van der Waals surface area contributed by atoms with E-state index in [-0.39, 0.29) is 5.69 Å². The van der Waals surface area contributed by atoms with E-state index in [9.17, 15) is 6.85 Å². The smallest absolute Gasteiger partial charge is 0.143 e. The number of furan rings is 1. The highest BCUT2D eigenvalue weighted by Gasteiger charge is 2.19. The SMILES string of the molecule is [2H]c1c([2H])c([2H])c(-c2c([2H])c([2H])c(-c3c([2H])c([2H])c(N(c4cccc(-c5cccc6oc7c8ccccc8ccc7c56)c4)c4c([2H])c([2H])c([2H])c5c([2H])c([2H])c([2H])c([2H])c45)c([2H])c3[2H])c([2H])c2[2H])c([2H])c1[2H]. The van der Waals surface area contributed by atoms with Gasteiger partial charge in [-0.05, 0) is 86.5 Å². The Hall–Kier alpha value is -6.90. The highest BCUT2D eigenvalue weighted by molar-refractivity contribution is 6.19. The van der Waals surface area contributed by atoms with Gasteiger partial charge < -0.3 is 9.32 Å². The molecule has 0 fully saturated rings. The van der Waals surface area contributed by atoms with Crippen molar-refractivity contribution < 1.29 is 31.8 Å². The highest BCUT2D eigenvalue weighted by Crippen LogP contribution is 2.43. The summed E-state index contributed by atoms with van der Waals surface area (Å²) < 4.78 is 184. The summed E-state index contributed by atoms with van der Waals surface area (Å²) in [6, 6.07) is 6.92. The molecule has 0 radical (unpaired) electrons. The van der Waals surface area contributed by atoms with E-state index in [1.807, 2.05) is 42.5 Å². The van der Waals surface area contributed by atoms with Gasteiger partial charge in [-0.25, -0.2) is 0 Å². The first kappa shape index (κ1) is 16.0. The van der Waals surface area contributed by atoms with Crippen molar-refractivity contribution in [2.45, 2.75) is 0 Å². The predicted octanol–water partition coefficient (Wildman–Crippen LogP) is 14.4. The van der Waals surface area contributed by atoms with Crippen LogP contribution in [0.15, 0.2) is 204 Å². The lowest BCUT2D eigenvalue weighted by Gasteiger charge is -2.27. The van der Waals surface area contributed by atoms with Gasteiger partial charge in [-0.2, -0.15) is 0 Å². The van der Waals surface area contributed by atoms with Gasteiger partial charge in [-0.1, -0.05) is 157 Å². The minimum Gasteiger partial charge on any atom is -0.455 e. The topological polar surface area (TPSA) is 16.4 Å². The lowest BCUT2D eigenvalue weighted by Crippen LogP contribution is -2.10. The van der Waals surface area contributed by atoms with Crippen molar-refractivity contribution in [3.05, 3.63) is 200 Å². The Balaban J connectivity index is 1.28. The van der Waals surface area contributed by atoms with E-state index < -0.39 is 165 Å². The van der Waals surface area contributed by atoms with Gasteiger partial charge in [0.05, 0.1) is 33.1 Å². The predicted molar refractivity (Wildman–Crippen MR) is 220 cm³/mol. The molecule has 0 aliphatic carbocycles. The quantitative estimate of drug-likeness (QED) is 0.173. The molecule has 0 bridgehead atoms. The van der Waals surface area contributed by atoms with Gasteiger partial charge in [0.15, 0.2) is 0 Å². The molecule has 9 aromatic carbocycles. The standard InChI is InChI=1S/C50H33NO/c1-2-11-34(12-3-1)35-23-25-36(26-24-35)37-27-30-41(31-28-37)51(47-21-9-15-38-13-4-6-18-43(38)47)42-17-8-16-40(33-42)44-20-10-22-48-49(44)46-32-29-39-14-5-7-19-45(39)50(46)52-48/h1-33H/i1D,2D,3D,4D,6D,9D,11D,12D,13D,15D,18D,21D,23D,24D,25D,26D,27D,28D,30D,31D. The van der Waals surface area contributed by atoms with E-state index >= 15 is 0 Å². The maximum atomic E-state index is 9.64. The van der Waals surface area contributed by atoms with Crippen LogP contribution in [0.5, 0.6) is 0 Å². The fourth-order valence-electron chi connectivity index (χ4n) is 6.42. The number of hydrogen-bond donors (Lipinski definition) is 0. The molecule has 2 heteroatoms. The molecular formula is C50H33NO. The molecule has 2 nitrogen and oxygen atoms in total. The maximum Gasteiger partial charge on any atom is 0.143 e. The molecule has 0 aliphatic rings. The highest BCUT2D eigenvalue weighted by atomic mass is 16.3. The van der Waals surface area contributed by atoms with Gasteiger partial charge in [-0.3, -0.25) is 0 Å². The molecule has 0 saturated heterocycles. The van der Waals surface area contributed by atoms with E-state index in [0.717, 1.165) is 21.1 Å². The van der Waals surface area contributed by atoms with Crippen molar-refractivity contribution >= 4 is 60.5 Å². The molecule has 0 amide bonds. The van der Waals surface area contributed by atoms with Gasteiger partial charge in [-0.15, -0.1) is 0 Å². The third-order valence-corrected chi connectivity index (χ3v) is 8.78. The molecule has 10 rings (SSSR count). The van der Waals surface area contributed by atoms with E-state index in [2.05, 4.69) is 0 Å². The summed E-state index contributed by atoms with van der Waals surface area (Å²) >= 11 is 0. The third kappa shape index (κ3) is 5.12. The second-order valence-electron chi connectivity index (χ2n) is 11.8. The minimum absolute atomic E-state index is 0.00266. The van der Waals surface area contributed by atoms with E-state index in [4.69, 9.17) is 25.0 Å². The number of rotatable bonds is 6. The zero-order valence-electron chi connectivity index (χ0n) is 46.9. The van der Waals surface area contributed by atoms with Crippen LogP contribution in [0.25, 0.3) is 76.9 Å². The summed E-state index contributed by atoms with van der Waals surface area (Å²) in [6.07, 6.45) is 0. The van der Waals surface area contributed by atoms with Crippen molar-refractivity contribution in [1.29, 1.82) is 0 Å². The van der Waals surface area contributed by atoms with Crippen molar-refractivity contribution in [2.24, 2.45) is 0 Å². The molecule has 52 heavy (non-hydrogen) atoms. The summed E-state index contributed by atoms with van der Waals surface area (Å²) in [4.78, 5) is 1.05. The summed E-state index contributed by atoms with van der Waals surface area (Å²) in [6.45, 7) is 0. The Bertz CT molecular complexity index is 3980. The van der Waals surface area contributed by atoms with Crippen LogP contribution in [0.1, 0.15) is 27.4 Å². The largest absolute Gasteiger partial charge is 0.455 e. The van der Waals surface area contributed by atoms with Crippen LogP contribution in [0, 0.1) is 0 Å². The van der Waals surface area contributed by atoms with E-state index in [1.54, 1.807) is 30.3 Å². The molecule has 1 heterocycles. The Morgan fingerprint density at radius 2 is 1.12 bits per heavy atom. The Kier molecular flexibility index (Phi) is 3.83. The molecule has 10 aromatic rings. The van der Waals surface area contributed by atoms with Crippen LogP contribution in [0.2, 0.25) is 0 Å². The minimum atomic E-state index is -0.926. The second kappa shape index (κ2) is 12.5. The van der Waals surface area contributed by atoms with Crippen LogP contribution in [0.3, 0.4) is 0 Å². The number of benzene rings is 9. The van der Waals surface area contributed by atoms with Crippen molar-refractivity contribution in [3.8, 4) is 33.4 Å². The van der Waals surface area contributed by atoms with Crippen LogP contribution >= 0.6 is 0 Å². The first-order valence-electron chi connectivity index (χ1n) is 26.1. The number of anilines is 3. The number of nitrogens with zero attached hydrogens (tertiary/aromatic N) is 1. The molecule has 0 aliphatic heterocycles. The molecular weight excluding hydrogens is 631 g/mol. The van der Waals surface area contributed by atoms with Crippen molar-refractivity contribution in [3.63, 3.8) is 0 Å². The molecule has 0 atom stereocenters. The van der Waals surface area contributed by atoms with Crippen LogP contribution in [-0.4, -0.2) is 0 Å². The monoisotopic (exact) mass is 683 g/mol. The average molecular weight is 684 g/mol. The summed E-state index contributed by atoms with van der Waals surface area (Å²) in [5, 5.41) is 2.38. The van der Waals surface area contributed by atoms with Crippen molar-refractivity contribution in [2.75, 3.05) is 4.90 Å². The van der Waals surface area contributed by atoms with E-state index in [1.165, 1.54) is 6.07 Å². The Labute approximate surface area is 330 Å². The lowest BCUT2D eigenvalue weighted by molar-refractivity contribution is 0.673. The van der Waals surface area contributed by atoms with Gasteiger partial charge in [0.25, 0.3) is 0 Å². The first-order valence-corrected chi connectivity index (χ1v) is 16.1. The van der Waals surface area contributed by atoms with E-state index in [0.29, 0.717) is 27.7 Å². The fraction of sp³-hybridized carbons (Fsp3) is 0. The second-order valence-corrected chi connectivity index (χ2v) is 11.8. The lowest BCUT2D eigenvalue weighted by atomic mass is 9.97. The zero-order chi connectivity index (χ0) is 51.8. The molecule has 0 N–H and O–H groups in total. The zero-order valence-corrected chi connectivity index (χ0v) is 26.9. The van der Waals surface area contributed by atoms with Gasteiger partial charge in [0.1, 0.15) is 11.2 Å². The molecule has 0 saturated carbocycles. The fourth-order valence-corrected chi connectivity index (χ4v) is 6.42. The molecule has 1 aromatic heterocycles. The normalized spacial score (nSPS) is 16.8. The summed E-state index contributed by atoms with van der Waals surface area (Å²) in [5.41, 5.74) is -1.59. The number of fused-ring (bicyclic) bond motifs is 6. The van der Waals surface area contributed by atoms with Gasteiger partial charge in [0.2, 0.25) is 0 Å². The van der Waals surface area contributed by atoms with Gasteiger partial charge >= 0.3 is 0 Å². The van der Waals surface area contributed by atoms with Gasteiger partial charge in [0, 0.05) is 32.9 Å². The molecule has 0 unspecified atom stereocenters. The average Bonchev–Trinajstić information content (AvgIpc) is 3.77.